The van der Waals surface area contributed by atoms with Gasteiger partial charge in [0.2, 0.25) is 11.8 Å². The Bertz CT molecular complexity index is 1010. The third-order valence-electron chi connectivity index (χ3n) is 4.20. The average Bonchev–Trinajstić information content (AvgIpc) is 3.19. The summed E-state index contributed by atoms with van der Waals surface area (Å²) >= 11 is 0. The maximum Gasteiger partial charge on any atom is 0.259 e. The molecule has 10 nitrogen and oxygen atoms in total. The van der Waals surface area contributed by atoms with E-state index in [2.05, 4.69) is 25.9 Å². The Hall–Kier alpha value is -3.79. The van der Waals surface area contributed by atoms with Gasteiger partial charge in [-0.05, 0) is 36.8 Å². The first-order valence-corrected chi connectivity index (χ1v) is 9.21. The number of nitrogens with zero attached hydrogens (tertiary/aromatic N) is 4. The lowest BCUT2D eigenvalue weighted by Gasteiger charge is -2.09. The van der Waals surface area contributed by atoms with Crippen molar-refractivity contribution < 1.29 is 19.1 Å². The van der Waals surface area contributed by atoms with E-state index in [1.807, 2.05) is 6.92 Å². The van der Waals surface area contributed by atoms with Crippen LogP contribution in [0.25, 0.3) is 5.82 Å². The number of carbonyl (C=O) groups is 2. The van der Waals surface area contributed by atoms with Crippen molar-refractivity contribution in [1.29, 1.82) is 0 Å². The van der Waals surface area contributed by atoms with Crippen molar-refractivity contribution in [2.45, 2.75) is 13.3 Å². The molecule has 2 N–H and O–H groups in total. The minimum Gasteiger partial charge on any atom is -0.480 e. The standard InChI is InChI=1S/C20H22N6O4/c1-4-16-15(11-21-26(16)17-9-10-19(30-3)25-24-17)20(28)23-14-7-5-13(6-8-14)22-18(27)12-29-2/h5-11H,4,12H2,1-3H3,(H,22,27)(H,23,28). The van der Waals surface area contributed by atoms with Crippen molar-refractivity contribution in [1.82, 2.24) is 20.0 Å². The number of amides is 2. The SMILES string of the molecule is CCc1c(C(=O)Nc2ccc(NC(=O)COC)cc2)cnn1-c1ccc(OC)nn1. The molecule has 2 aromatic heterocycles. The minimum atomic E-state index is -0.296. The van der Waals surface area contributed by atoms with Gasteiger partial charge < -0.3 is 20.1 Å². The smallest absolute Gasteiger partial charge is 0.259 e. The van der Waals surface area contributed by atoms with Gasteiger partial charge in [0.05, 0.1) is 24.6 Å². The molecule has 2 amide bonds. The molecule has 0 unspecified atom stereocenters. The Balaban J connectivity index is 1.74. The number of hydrogen-bond donors (Lipinski definition) is 2. The third kappa shape index (κ3) is 4.78. The van der Waals surface area contributed by atoms with Crippen LogP contribution in [0.1, 0.15) is 23.0 Å². The number of benzene rings is 1. The fourth-order valence-electron chi connectivity index (χ4n) is 2.80. The van der Waals surface area contributed by atoms with Crippen molar-refractivity contribution in [2.24, 2.45) is 0 Å². The summed E-state index contributed by atoms with van der Waals surface area (Å²) in [5.74, 6) is 0.332. The molecule has 0 aliphatic carbocycles. The summed E-state index contributed by atoms with van der Waals surface area (Å²) in [6.07, 6.45) is 2.07. The molecule has 0 fully saturated rings. The molecule has 10 heteroatoms. The lowest BCUT2D eigenvalue weighted by atomic mass is 10.2. The van der Waals surface area contributed by atoms with E-state index in [0.29, 0.717) is 40.8 Å². The van der Waals surface area contributed by atoms with Gasteiger partial charge in [0.1, 0.15) is 6.61 Å². The fraction of sp³-hybridized carbons (Fsp3) is 0.250. The number of carbonyl (C=O) groups excluding carboxylic acids is 2. The highest BCUT2D eigenvalue weighted by atomic mass is 16.5. The van der Waals surface area contributed by atoms with Gasteiger partial charge in [-0.15, -0.1) is 10.2 Å². The molecule has 0 atom stereocenters. The molecule has 1 aromatic carbocycles. The van der Waals surface area contributed by atoms with Crippen LogP contribution in [0.5, 0.6) is 5.88 Å². The molecule has 0 saturated carbocycles. The highest BCUT2D eigenvalue weighted by Gasteiger charge is 2.18. The quantitative estimate of drug-likeness (QED) is 0.583. The zero-order valence-electron chi connectivity index (χ0n) is 16.9. The van der Waals surface area contributed by atoms with Gasteiger partial charge in [0.25, 0.3) is 5.91 Å². The van der Waals surface area contributed by atoms with Crippen molar-refractivity contribution in [3.05, 3.63) is 53.9 Å². The zero-order chi connectivity index (χ0) is 21.5. The predicted molar refractivity (Wildman–Crippen MR) is 110 cm³/mol. The third-order valence-corrected chi connectivity index (χ3v) is 4.20. The second-order valence-electron chi connectivity index (χ2n) is 6.22. The van der Waals surface area contributed by atoms with Gasteiger partial charge >= 0.3 is 0 Å². The van der Waals surface area contributed by atoms with Crippen molar-refractivity contribution in [2.75, 3.05) is 31.5 Å². The first-order valence-electron chi connectivity index (χ1n) is 9.21. The van der Waals surface area contributed by atoms with E-state index in [-0.39, 0.29) is 18.4 Å². The van der Waals surface area contributed by atoms with Gasteiger partial charge in [0, 0.05) is 24.6 Å². The molecule has 0 aliphatic heterocycles. The summed E-state index contributed by atoms with van der Waals surface area (Å²) in [5, 5.41) is 17.8. The number of ether oxygens (including phenoxy) is 2. The molecular formula is C20H22N6O4. The van der Waals surface area contributed by atoms with E-state index in [1.54, 1.807) is 41.1 Å². The van der Waals surface area contributed by atoms with Gasteiger partial charge in [-0.3, -0.25) is 9.59 Å². The zero-order valence-corrected chi connectivity index (χ0v) is 16.9. The number of hydrogen-bond acceptors (Lipinski definition) is 7. The van der Waals surface area contributed by atoms with Crippen molar-refractivity contribution >= 4 is 23.2 Å². The van der Waals surface area contributed by atoms with Crippen LogP contribution in [0.15, 0.2) is 42.6 Å². The van der Waals surface area contributed by atoms with Gasteiger partial charge in [-0.25, -0.2) is 4.68 Å². The van der Waals surface area contributed by atoms with Crippen LogP contribution < -0.4 is 15.4 Å². The van der Waals surface area contributed by atoms with E-state index in [0.717, 1.165) is 0 Å². The lowest BCUT2D eigenvalue weighted by Crippen LogP contribution is -2.17. The topological polar surface area (TPSA) is 120 Å². The predicted octanol–water partition coefficient (Wildman–Crippen LogP) is 2.07. The van der Waals surface area contributed by atoms with E-state index < -0.39 is 0 Å². The molecule has 0 radical (unpaired) electrons. The number of nitrogens with one attached hydrogen (secondary N) is 2. The molecule has 0 aliphatic rings. The van der Waals surface area contributed by atoms with E-state index in [9.17, 15) is 9.59 Å². The van der Waals surface area contributed by atoms with Crippen LogP contribution in [0.3, 0.4) is 0 Å². The number of methoxy groups -OCH3 is 2. The van der Waals surface area contributed by atoms with Crippen LogP contribution in [-0.2, 0) is 16.0 Å². The molecule has 2 heterocycles. The molecule has 3 aromatic rings. The van der Waals surface area contributed by atoms with E-state index in [1.165, 1.54) is 20.4 Å². The molecule has 0 bridgehead atoms. The summed E-state index contributed by atoms with van der Waals surface area (Å²) in [6, 6.07) is 10.2. The van der Waals surface area contributed by atoms with Gasteiger partial charge in [-0.1, -0.05) is 6.92 Å². The Morgan fingerprint density at radius 1 is 1.00 bits per heavy atom. The highest BCUT2D eigenvalue weighted by molar-refractivity contribution is 6.05. The summed E-state index contributed by atoms with van der Waals surface area (Å²) in [5.41, 5.74) is 2.34. The number of anilines is 2. The Morgan fingerprint density at radius 2 is 1.70 bits per heavy atom. The molecule has 0 spiro atoms. The Labute approximate surface area is 173 Å². The first-order chi connectivity index (χ1) is 14.5. The molecular weight excluding hydrogens is 388 g/mol. The van der Waals surface area contributed by atoms with E-state index >= 15 is 0 Å². The fourth-order valence-corrected chi connectivity index (χ4v) is 2.80. The summed E-state index contributed by atoms with van der Waals surface area (Å²) in [4.78, 5) is 24.3. The summed E-state index contributed by atoms with van der Waals surface area (Å²) < 4.78 is 11.4. The number of aromatic nitrogens is 4. The van der Waals surface area contributed by atoms with Crippen LogP contribution in [-0.4, -0.2) is 52.6 Å². The number of rotatable bonds is 8. The van der Waals surface area contributed by atoms with Gasteiger partial charge in [0.15, 0.2) is 5.82 Å². The summed E-state index contributed by atoms with van der Waals surface area (Å²) in [6.45, 7) is 1.90. The second kappa shape index (κ2) is 9.61. The van der Waals surface area contributed by atoms with Gasteiger partial charge in [-0.2, -0.15) is 5.10 Å². The second-order valence-corrected chi connectivity index (χ2v) is 6.22. The van der Waals surface area contributed by atoms with Crippen molar-refractivity contribution in [3.63, 3.8) is 0 Å². The summed E-state index contributed by atoms with van der Waals surface area (Å²) in [7, 11) is 2.96. The highest BCUT2D eigenvalue weighted by Crippen LogP contribution is 2.18. The maximum atomic E-state index is 12.8. The first kappa shape index (κ1) is 20.9. The monoisotopic (exact) mass is 410 g/mol. The normalized spacial score (nSPS) is 10.5. The van der Waals surface area contributed by atoms with Crippen LogP contribution in [0.4, 0.5) is 11.4 Å². The van der Waals surface area contributed by atoms with Crippen LogP contribution in [0, 0.1) is 0 Å². The average molecular weight is 410 g/mol. The maximum absolute atomic E-state index is 12.8. The Kier molecular flexibility index (Phi) is 6.71. The minimum absolute atomic E-state index is 0.0269. The lowest BCUT2D eigenvalue weighted by molar-refractivity contribution is -0.119. The van der Waals surface area contributed by atoms with Crippen LogP contribution >= 0.6 is 0 Å². The van der Waals surface area contributed by atoms with E-state index in [4.69, 9.17) is 9.47 Å². The Morgan fingerprint density at radius 3 is 2.27 bits per heavy atom. The largest absolute Gasteiger partial charge is 0.480 e. The van der Waals surface area contributed by atoms with Crippen LogP contribution in [0.2, 0.25) is 0 Å². The molecule has 3 rings (SSSR count). The molecule has 30 heavy (non-hydrogen) atoms. The molecule has 156 valence electrons. The van der Waals surface area contributed by atoms with Crippen molar-refractivity contribution in [3.8, 4) is 11.7 Å². The molecule has 0 saturated heterocycles.